The summed E-state index contributed by atoms with van der Waals surface area (Å²) in [5.74, 6) is -4.19. The van der Waals surface area contributed by atoms with Crippen LogP contribution in [-0.2, 0) is 31.9 Å². The lowest BCUT2D eigenvalue weighted by Crippen LogP contribution is -2.34. The maximum Gasteiger partial charge on any atom is 0.417 e. The molecule has 0 radical (unpaired) electrons. The Morgan fingerprint density at radius 1 is 0.821 bits per heavy atom. The van der Waals surface area contributed by atoms with Crippen LogP contribution >= 0.6 is 34.8 Å². The molecule has 0 aliphatic carbocycles. The van der Waals surface area contributed by atoms with Crippen LogP contribution in [0.5, 0.6) is 0 Å². The van der Waals surface area contributed by atoms with Crippen molar-refractivity contribution in [2.45, 2.75) is 12.7 Å². The molecule has 0 aliphatic rings. The number of benzene rings is 2. The minimum absolute atomic E-state index is 0.102. The molecule has 1 aromatic heterocycles. The van der Waals surface area contributed by atoms with Gasteiger partial charge in [0, 0.05) is 21.4 Å². The second-order valence-corrected chi connectivity index (χ2v) is 8.72. The molecule has 10 nitrogen and oxygen atoms in total. The molecule has 0 bridgehead atoms. The number of hydrogen-bond donors (Lipinski definition) is 4. The number of carbonyl (C=O) groups is 4. The van der Waals surface area contributed by atoms with E-state index in [4.69, 9.17) is 39.2 Å². The van der Waals surface area contributed by atoms with E-state index < -0.39 is 40.4 Å². The summed E-state index contributed by atoms with van der Waals surface area (Å²) >= 11 is 17.2. The maximum absolute atomic E-state index is 12.9. The second kappa shape index (κ2) is 12.7. The van der Waals surface area contributed by atoms with Crippen molar-refractivity contribution >= 4 is 76.0 Å². The molecule has 0 unspecified atom stereocenters. The van der Waals surface area contributed by atoms with Crippen LogP contribution in [0.25, 0.3) is 0 Å². The molecule has 0 aliphatic heterocycles. The maximum atomic E-state index is 12.9. The van der Waals surface area contributed by atoms with Crippen LogP contribution in [0.1, 0.15) is 17.1 Å². The highest BCUT2D eigenvalue weighted by Crippen LogP contribution is 2.36. The predicted octanol–water partition coefficient (Wildman–Crippen LogP) is 4.60. The molecule has 0 atom stereocenters. The van der Waals surface area contributed by atoms with Gasteiger partial charge in [-0.2, -0.15) is 18.3 Å². The van der Waals surface area contributed by atoms with Crippen LogP contribution in [0, 0.1) is 0 Å². The molecule has 204 valence electrons. The number of halogens is 6. The van der Waals surface area contributed by atoms with Crippen LogP contribution < -0.4 is 21.4 Å². The first-order chi connectivity index (χ1) is 18.3. The fourth-order valence-corrected chi connectivity index (χ4v) is 3.58. The molecule has 3 rings (SSSR count). The summed E-state index contributed by atoms with van der Waals surface area (Å²) in [4.78, 5) is 47.9. The van der Waals surface area contributed by atoms with Crippen LogP contribution in [-0.4, -0.2) is 29.8 Å². The molecule has 0 fully saturated rings. The van der Waals surface area contributed by atoms with E-state index >= 15 is 0 Å². The Bertz CT molecular complexity index is 1440. The lowest BCUT2D eigenvalue weighted by Gasteiger charge is -2.11. The quantitative estimate of drug-likeness (QED) is 0.185. The molecular formula is C23H15Cl3F3N5O5. The number of alkyl halides is 3. The van der Waals surface area contributed by atoms with E-state index in [0.717, 1.165) is 18.3 Å². The van der Waals surface area contributed by atoms with E-state index in [-0.39, 0.29) is 39.5 Å². The smallest absolute Gasteiger partial charge is 0.417 e. The molecule has 16 heteroatoms. The summed E-state index contributed by atoms with van der Waals surface area (Å²) in [6, 6.07) is 9.72. The summed E-state index contributed by atoms with van der Waals surface area (Å²) in [6.45, 7) is -0.174. The van der Waals surface area contributed by atoms with Gasteiger partial charge >= 0.3 is 29.8 Å². The minimum Gasteiger partial charge on any atom is -0.458 e. The first-order valence-electron chi connectivity index (χ1n) is 10.5. The molecule has 2 aromatic carbocycles. The Morgan fingerprint density at radius 3 is 2.13 bits per heavy atom. The SMILES string of the molecule is O=C(NCc1ccc(/C=N/NC(=O)C(=O)Nc2ccc(Cl)c(C(F)(F)F)c2)o1)C(=O)Nc1cc(Cl)cc(Cl)c1. The van der Waals surface area contributed by atoms with Gasteiger partial charge < -0.3 is 20.4 Å². The Hall–Kier alpha value is -4.07. The van der Waals surface area contributed by atoms with Gasteiger partial charge in [-0.3, -0.25) is 19.2 Å². The van der Waals surface area contributed by atoms with Crippen LogP contribution in [0.15, 0.2) is 58.0 Å². The Morgan fingerprint density at radius 2 is 1.46 bits per heavy atom. The number of anilines is 2. The summed E-state index contributed by atoms with van der Waals surface area (Å²) in [6.07, 6.45) is -3.73. The molecule has 4 amide bonds. The topological polar surface area (TPSA) is 142 Å². The van der Waals surface area contributed by atoms with Gasteiger partial charge in [0.15, 0.2) is 0 Å². The van der Waals surface area contributed by atoms with E-state index in [0.29, 0.717) is 6.07 Å². The van der Waals surface area contributed by atoms with Crippen molar-refractivity contribution in [1.82, 2.24) is 10.7 Å². The number of amides is 4. The van der Waals surface area contributed by atoms with E-state index in [1.807, 2.05) is 10.7 Å². The normalized spacial score (nSPS) is 11.2. The van der Waals surface area contributed by atoms with Crippen molar-refractivity contribution < 1.29 is 36.8 Å². The largest absolute Gasteiger partial charge is 0.458 e. The van der Waals surface area contributed by atoms with Crippen molar-refractivity contribution in [3.63, 3.8) is 0 Å². The first kappa shape index (κ1) is 29.5. The van der Waals surface area contributed by atoms with Crippen molar-refractivity contribution in [3.05, 3.63) is 80.7 Å². The summed E-state index contributed by atoms with van der Waals surface area (Å²) in [5.41, 5.74) is 0.613. The van der Waals surface area contributed by atoms with Crippen LogP contribution in [0.3, 0.4) is 0 Å². The molecular weight excluding hydrogens is 590 g/mol. The predicted molar refractivity (Wildman–Crippen MR) is 136 cm³/mol. The van der Waals surface area contributed by atoms with E-state index in [1.54, 1.807) is 0 Å². The van der Waals surface area contributed by atoms with Gasteiger partial charge in [-0.25, -0.2) is 5.43 Å². The van der Waals surface area contributed by atoms with Crippen molar-refractivity contribution in [2.75, 3.05) is 10.6 Å². The standard InChI is InChI=1S/C23H15Cl3F3N5O5/c24-11-5-12(25)7-14(6-11)33-20(36)19(35)30-9-15-2-3-16(39-15)10-31-34-22(38)21(37)32-13-1-4-18(26)17(8-13)23(27,28)29/h1-8,10H,9H2,(H,30,35)(H,32,37)(H,33,36)(H,34,38)/b31-10+. The Kier molecular flexibility index (Phi) is 9.56. The Balaban J connectivity index is 1.47. The summed E-state index contributed by atoms with van der Waals surface area (Å²) < 4.78 is 44.1. The van der Waals surface area contributed by atoms with Gasteiger partial charge in [0.1, 0.15) is 11.5 Å². The lowest BCUT2D eigenvalue weighted by atomic mass is 10.2. The highest BCUT2D eigenvalue weighted by molar-refractivity contribution is 6.40. The number of rotatable bonds is 6. The number of furan rings is 1. The molecule has 3 aromatic rings. The molecule has 0 saturated heterocycles. The highest BCUT2D eigenvalue weighted by atomic mass is 35.5. The number of nitrogens with zero attached hydrogens (tertiary/aromatic N) is 1. The molecule has 0 spiro atoms. The van der Waals surface area contributed by atoms with E-state index in [9.17, 15) is 32.3 Å². The second-order valence-electron chi connectivity index (χ2n) is 7.44. The summed E-state index contributed by atoms with van der Waals surface area (Å²) in [7, 11) is 0. The third-order valence-electron chi connectivity index (χ3n) is 4.53. The fourth-order valence-electron chi connectivity index (χ4n) is 2.83. The first-order valence-corrected chi connectivity index (χ1v) is 11.6. The monoisotopic (exact) mass is 603 g/mol. The number of hydrazone groups is 1. The van der Waals surface area contributed by atoms with Crippen molar-refractivity contribution in [2.24, 2.45) is 5.10 Å². The van der Waals surface area contributed by atoms with Gasteiger partial charge in [-0.15, -0.1) is 0 Å². The molecule has 4 N–H and O–H groups in total. The van der Waals surface area contributed by atoms with Gasteiger partial charge in [0.2, 0.25) is 0 Å². The van der Waals surface area contributed by atoms with E-state index in [2.05, 4.69) is 15.7 Å². The highest BCUT2D eigenvalue weighted by Gasteiger charge is 2.33. The average molecular weight is 605 g/mol. The minimum atomic E-state index is -4.76. The van der Waals surface area contributed by atoms with Crippen LogP contribution in [0.4, 0.5) is 24.5 Å². The molecule has 0 saturated carbocycles. The number of nitrogens with one attached hydrogen (secondary N) is 4. The molecule has 39 heavy (non-hydrogen) atoms. The lowest BCUT2D eigenvalue weighted by molar-refractivity contribution is -0.137. The molecule has 1 heterocycles. The Labute approximate surface area is 232 Å². The third-order valence-corrected chi connectivity index (χ3v) is 5.29. The van der Waals surface area contributed by atoms with Gasteiger partial charge in [0.05, 0.1) is 23.3 Å². The fraction of sp³-hybridized carbons (Fsp3) is 0.0870. The van der Waals surface area contributed by atoms with Gasteiger partial charge in [-0.05, 0) is 48.5 Å². The van der Waals surface area contributed by atoms with Crippen molar-refractivity contribution in [3.8, 4) is 0 Å². The average Bonchev–Trinajstić information content (AvgIpc) is 3.29. The number of carbonyl (C=O) groups excluding carboxylic acids is 4. The third kappa shape index (κ3) is 8.74. The van der Waals surface area contributed by atoms with Crippen LogP contribution in [0.2, 0.25) is 15.1 Å². The van der Waals surface area contributed by atoms with Gasteiger partial charge in [0.25, 0.3) is 0 Å². The zero-order chi connectivity index (χ0) is 28.7. The number of hydrogen-bond acceptors (Lipinski definition) is 6. The van der Waals surface area contributed by atoms with E-state index in [1.165, 1.54) is 30.3 Å². The zero-order valence-corrected chi connectivity index (χ0v) is 21.4. The summed E-state index contributed by atoms with van der Waals surface area (Å²) in [5, 5.41) is 10.1. The van der Waals surface area contributed by atoms with Crippen molar-refractivity contribution in [1.29, 1.82) is 0 Å². The zero-order valence-electron chi connectivity index (χ0n) is 19.2. The van der Waals surface area contributed by atoms with Gasteiger partial charge in [-0.1, -0.05) is 34.8 Å².